The lowest BCUT2D eigenvalue weighted by Crippen LogP contribution is -2.52. The molecular weight excluding hydrogens is 374 g/mol. The van der Waals surface area contributed by atoms with E-state index in [0.29, 0.717) is 13.2 Å². The van der Waals surface area contributed by atoms with Crippen molar-refractivity contribution in [1.82, 2.24) is 0 Å². The van der Waals surface area contributed by atoms with Crippen LogP contribution >= 0.6 is 0 Å². The molecule has 0 fully saturated rings. The molecule has 0 saturated heterocycles. The molecule has 10 nitrogen and oxygen atoms in total. The van der Waals surface area contributed by atoms with Crippen molar-refractivity contribution in [3.63, 3.8) is 0 Å². The first-order valence-corrected chi connectivity index (χ1v) is 9.42. The van der Waals surface area contributed by atoms with Gasteiger partial charge in [-0.3, -0.25) is 20.1 Å². The molecule has 0 bridgehead atoms. The zero-order valence-corrected chi connectivity index (χ0v) is 17.0. The van der Waals surface area contributed by atoms with Crippen molar-refractivity contribution in [1.29, 1.82) is 0 Å². The topological polar surface area (TPSA) is 133 Å². The van der Waals surface area contributed by atoms with Crippen molar-refractivity contribution < 1.29 is 42.8 Å². The third-order valence-corrected chi connectivity index (χ3v) is 3.21. The van der Waals surface area contributed by atoms with Gasteiger partial charge in [0.1, 0.15) is 0 Å². The summed E-state index contributed by atoms with van der Waals surface area (Å²) in [4.78, 5) is 34.1. The van der Waals surface area contributed by atoms with Gasteiger partial charge in [-0.15, -0.1) is 0 Å². The summed E-state index contributed by atoms with van der Waals surface area (Å²) in [5, 5.41) is 0. The number of hydrogen-bond donors (Lipinski definition) is 1. The molecule has 0 spiro atoms. The van der Waals surface area contributed by atoms with E-state index in [4.69, 9.17) is 34.2 Å². The highest BCUT2D eigenvalue weighted by Crippen LogP contribution is 2.08. The Kier molecular flexibility index (Phi) is 15.2. The second kappa shape index (κ2) is 16.2. The minimum atomic E-state index is -1.35. The van der Waals surface area contributed by atoms with Gasteiger partial charge in [-0.25, -0.2) is 0 Å². The summed E-state index contributed by atoms with van der Waals surface area (Å²) in [6.45, 7) is 6.07. The Labute approximate surface area is 165 Å². The molecule has 0 aliphatic carbocycles. The molecule has 0 aromatic heterocycles. The average Bonchev–Trinajstić information content (AvgIpc) is 2.63. The standard InChI is InChI=1S/C18H33NO9/c1-4-25-15(20)7-10-23-13-18(19,28-12-9-17(22)27-6-3)14-24-11-8-16(21)26-5-2/h4-14,19H2,1-3H3. The van der Waals surface area contributed by atoms with E-state index in [9.17, 15) is 14.4 Å². The zero-order chi connectivity index (χ0) is 21.3. The van der Waals surface area contributed by atoms with Gasteiger partial charge < -0.3 is 28.4 Å². The van der Waals surface area contributed by atoms with Gasteiger partial charge >= 0.3 is 17.9 Å². The number of carbonyl (C=O) groups excluding carboxylic acids is 3. The van der Waals surface area contributed by atoms with Crippen LogP contribution in [0, 0.1) is 0 Å². The van der Waals surface area contributed by atoms with Gasteiger partial charge in [0.15, 0.2) is 5.72 Å². The van der Waals surface area contributed by atoms with Crippen molar-refractivity contribution in [3.8, 4) is 0 Å². The summed E-state index contributed by atoms with van der Waals surface area (Å²) in [7, 11) is 0. The largest absolute Gasteiger partial charge is 0.466 e. The molecule has 2 N–H and O–H groups in total. The van der Waals surface area contributed by atoms with Crippen LogP contribution in [0.25, 0.3) is 0 Å². The van der Waals surface area contributed by atoms with E-state index in [1.54, 1.807) is 20.8 Å². The normalized spacial score (nSPS) is 11.1. The van der Waals surface area contributed by atoms with Gasteiger partial charge in [0.2, 0.25) is 0 Å². The third kappa shape index (κ3) is 14.3. The first-order valence-electron chi connectivity index (χ1n) is 9.42. The monoisotopic (exact) mass is 407 g/mol. The smallest absolute Gasteiger partial charge is 0.308 e. The molecule has 0 aromatic rings. The minimum Gasteiger partial charge on any atom is -0.466 e. The fourth-order valence-electron chi connectivity index (χ4n) is 1.96. The number of rotatable bonds is 17. The Morgan fingerprint density at radius 1 is 0.679 bits per heavy atom. The SMILES string of the molecule is CCOC(=O)CCOCC(N)(COCCC(=O)OCC)OCCC(=O)OCC. The van der Waals surface area contributed by atoms with Crippen LogP contribution in [0.4, 0.5) is 0 Å². The van der Waals surface area contributed by atoms with Crippen LogP contribution in [-0.2, 0) is 42.8 Å². The first kappa shape index (κ1) is 26.2. The van der Waals surface area contributed by atoms with E-state index < -0.39 is 11.7 Å². The number of esters is 3. The maximum Gasteiger partial charge on any atom is 0.308 e. The molecule has 0 heterocycles. The predicted molar refractivity (Wildman–Crippen MR) is 98.3 cm³/mol. The lowest BCUT2D eigenvalue weighted by molar-refractivity contribution is -0.158. The lowest BCUT2D eigenvalue weighted by atomic mass is 10.2. The van der Waals surface area contributed by atoms with Gasteiger partial charge in [-0.1, -0.05) is 0 Å². The van der Waals surface area contributed by atoms with E-state index in [2.05, 4.69) is 0 Å². The van der Waals surface area contributed by atoms with Crippen LogP contribution in [0.5, 0.6) is 0 Å². The molecular formula is C18H33NO9. The lowest BCUT2D eigenvalue weighted by Gasteiger charge is -2.29. The molecule has 0 atom stereocenters. The summed E-state index contributed by atoms with van der Waals surface area (Å²) >= 11 is 0. The second-order valence-corrected chi connectivity index (χ2v) is 5.68. The van der Waals surface area contributed by atoms with Gasteiger partial charge in [0.05, 0.1) is 72.1 Å². The molecule has 0 radical (unpaired) electrons. The van der Waals surface area contributed by atoms with Crippen LogP contribution in [0.15, 0.2) is 0 Å². The van der Waals surface area contributed by atoms with E-state index in [0.717, 1.165) is 0 Å². The summed E-state index contributed by atoms with van der Waals surface area (Å²) in [6.07, 6.45) is 0.186. The Bertz CT molecular complexity index is 430. The summed E-state index contributed by atoms with van der Waals surface area (Å²) in [5.41, 5.74) is 4.80. The molecule has 164 valence electrons. The van der Waals surface area contributed by atoms with Gasteiger partial charge in [0.25, 0.3) is 0 Å². The quantitative estimate of drug-likeness (QED) is 0.158. The number of carbonyl (C=O) groups is 3. The summed E-state index contributed by atoms with van der Waals surface area (Å²) in [5.74, 6) is -1.16. The Morgan fingerprint density at radius 3 is 1.39 bits per heavy atom. The highest BCUT2D eigenvalue weighted by Gasteiger charge is 2.27. The average molecular weight is 407 g/mol. The van der Waals surface area contributed by atoms with Gasteiger partial charge in [0, 0.05) is 0 Å². The van der Waals surface area contributed by atoms with E-state index in [1.807, 2.05) is 0 Å². The van der Waals surface area contributed by atoms with Crippen molar-refractivity contribution in [3.05, 3.63) is 0 Å². The summed E-state index contributed by atoms with van der Waals surface area (Å²) in [6, 6.07) is 0. The fraction of sp³-hybridized carbons (Fsp3) is 0.833. The zero-order valence-electron chi connectivity index (χ0n) is 17.0. The molecule has 28 heavy (non-hydrogen) atoms. The number of nitrogens with two attached hydrogens (primary N) is 1. The predicted octanol–water partition coefficient (Wildman–Crippen LogP) is 0.551. The van der Waals surface area contributed by atoms with Crippen molar-refractivity contribution in [2.24, 2.45) is 5.73 Å². The minimum absolute atomic E-state index is 0.0117. The number of ether oxygens (including phenoxy) is 6. The molecule has 0 amide bonds. The highest BCUT2D eigenvalue weighted by molar-refractivity contribution is 5.70. The van der Waals surface area contributed by atoms with E-state index >= 15 is 0 Å². The molecule has 10 heteroatoms. The van der Waals surface area contributed by atoms with Gasteiger partial charge in [-0.05, 0) is 20.8 Å². The fourth-order valence-corrected chi connectivity index (χ4v) is 1.96. The second-order valence-electron chi connectivity index (χ2n) is 5.68. The highest BCUT2D eigenvalue weighted by atomic mass is 16.6. The molecule has 0 unspecified atom stereocenters. The van der Waals surface area contributed by atoms with Crippen molar-refractivity contribution >= 4 is 17.9 Å². The van der Waals surface area contributed by atoms with Gasteiger partial charge in [-0.2, -0.15) is 0 Å². The molecule has 0 aliphatic heterocycles. The molecule has 0 aromatic carbocycles. The summed E-state index contributed by atoms with van der Waals surface area (Å²) < 4.78 is 30.8. The Morgan fingerprint density at radius 2 is 1.04 bits per heavy atom. The molecule has 0 rings (SSSR count). The van der Waals surface area contributed by atoms with E-state index in [1.165, 1.54) is 0 Å². The number of hydrogen-bond acceptors (Lipinski definition) is 10. The molecule has 0 saturated carbocycles. The van der Waals surface area contributed by atoms with Crippen molar-refractivity contribution in [2.75, 3.05) is 52.9 Å². The van der Waals surface area contributed by atoms with Crippen LogP contribution in [0.2, 0.25) is 0 Å². The van der Waals surface area contributed by atoms with Crippen molar-refractivity contribution in [2.45, 2.75) is 45.8 Å². The van der Waals surface area contributed by atoms with Crippen LogP contribution in [0.1, 0.15) is 40.0 Å². The maximum absolute atomic E-state index is 11.4. The van der Waals surface area contributed by atoms with Crippen LogP contribution in [-0.4, -0.2) is 76.5 Å². The van der Waals surface area contributed by atoms with E-state index in [-0.39, 0.29) is 70.8 Å². The van der Waals surface area contributed by atoms with Crippen LogP contribution in [0.3, 0.4) is 0 Å². The third-order valence-electron chi connectivity index (χ3n) is 3.21. The van der Waals surface area contributed by atoms with Crippen LogP contribution < -0.4 is 5.73 Å². The first-order chi connectivity index (χ1) is 13.4. The Balaban J connectivity index is 4.39. The maximum atomic E-state index is 11.4. The Hall–Kier alpha value is -1.75. The molecule has 0 aliphatic rings.